The zero-order valence-electron chi connectivity index (χ0n) is 16.3. The highest BCUT2D eigenvalue weighted by molar-refractivity contribution is 7.87. The number of aromatic nitrogens is 1. The van der Waals surface area contributed by atoms with Gasteiger partial charge in [0.25, 0.3) is 5.91 Å². The Morgan fingerprint density at radius 3 is 2.35 bits per heavy atom. The number of hydrogen-bond acceptors (Lipinski definition) is 4. The van der Waals surface area contributed by atoms with Crippen LogP contribution in [-0.2, 0) is 27.9 Å². The average molecular weight is 450 g/mol. The van der Waals surface area contributed by atoms with E-state index in [1.54, 1.807) is 43.4 Å². The largest absolute Gasteiger partial charge is 0.534 e. The van der Waals surface area contributed by atoms with E-state index in [4.69, 9.17) is 0 Å². The normalized spacial score (nSPS) is 14.9. The second-order valence-electron chi connectivity index (χ2n) is 7.02. The van der Waals surface area contributed by atoms with Crippen molar-refractivity contribution in [2.45, 2.75) is 12.1 Å². The van der Waals surface area contributed by atoms with Crippen molar-refractivity contribution in [1.82, 2.24) is 9.47 Å². The van der Waals surface area contributed by atoms with Gasteiger partial charge in [-0.15, -0.1) is 0 Å². The van der Waals surface area contributed by atoms with E-state index in [0.717, 1.165) is 5.56 Å². The first-order valence-electron chi connectivity index (χ1n) is 9.22. The average Bonchev–Trinajstić information content (AvgIpc) is 2.94. The Bertz CT molecular complexity index is 1300. The molecule has 1 amide bonds. The van der Waals surface area contributed by atoms with Crippen molar-refractivity contribution in [2.75, 3.05) is 6.54 Å². The number of hydrogen-bond donors (Lipinski definition) is 0. The van der Waals surface area contributed by atoms with Crippen LogP contribution in [0.25, 0.3) is 16.7 Å². The molecule has 1 aliphatic heterocycles. The quantitative estimate of drug-likeness (QED) is 0.445. The minimum absolute atomic E-state index is 0.0199. The molecule has 1 aliphatic rings. The molecule has 0 aliphatic carbocycles. The molecule has 0 saturated heterocycles. The smallest absolute Gasteiger partial charge is 0.376 e. The van der Waals surface area contributed by atoms with E-state index < -0.39 is 27.3 Å². The molecule has 162 valence electrons. The molecule has 2 heterocycles. The highest BCUT2D eigenvalue weighted by atomic mass is 32.2. The van der Waals surface area contributed by atoms with Crippen LogP contribution in [-0.4, -0.2) is 35.8 Å². The first-order chi connectivity index (χ1) is 14.6. The van der Waals surface area contributed by atoms with Crippen LogP contribution in [0.4, 0.5) is 13.2 Å². The third-order valence-electron chi connectivity index (χ3n) is 5.04. The summed E-state index contributed by atoms with van der Waals surface area (Å²) < 4.78 is 68.6. The summed E-state index contributed by atoms with van der Waals surface area (Å²) >= 11 is 0. The molecule has 0 unspecified atom stereocenters. The van der Waals surface area contributed by atoms with Gasteiger partial charge in [0.1, 0.15) is 5.69 Å². The molecule has 10 heteroatoms. The number of nitrogens with zero attached hydrogens (tertiary/aromatic N) is 2. The summed E-state index contributed by atoms with van der Waals surface area (Å²) in [6, 6.07) is 15.7. The minimum Gasteiger partial charge on any atom is -0.376 e. The van der Waals surface area contributed by atoms with Crippen LogP contribution in [0.15, 0.2) is 60.7 Å². The second-order valence-corrected chi connectivity index (χ2v) is 8.56. The topological polar surface area (TPSA) is 68.6 Å². The van der Waals surface area contributed by atoms with Crippen LogP contribution in [0.5, 0.6) is 0 Å². The number of carbonyl (C=O) groups excluding carboxylic acids is 1. The summed E-state index contributed by atoms with van der Waals surface area (Å²) in [7, 11) is -4.32. The van der Waals surface area contributed by atoms with E-state index in [1.807, 2.05) is 18.2 Å². The zero-order valence-corrected chi connectivity index (χ0v) is 17.1. The van der Waals surface area contributed by atoms with Gasteiger partial charge in [-0.05, 0) is 17.7 Å². The van der Waals surface area contributed by atoms with E-state index in [1.165, 1.54) is 15.5 Å². The fourth-order valence-corrected chi connectivity index (χ4v) is 4.08. The lowest BCUT2D eigenvalue weighted by molar-refractivity contribution is -0.0509. The molecule has 0 saturated carbocycles. The summed E-state index contributed by atoms with van der Waals surface area (Å²) in [6.07, 6.45) is 1.20. The number of carbonyl (C=O) groups is 1. The molecule has 3 aromatic rings. The van der Waals surface area contributed by atoms with Gasteiger partial charge in [0.2, 0.25) is 0 Å². The van der Waals surface area contributed by atoms with Gasteiger partial charge in [-0.3, -0.25) is 4.79 Å². The number of rotatable bonds is 4. The predicted molar refractivity (Wildman–Crippen MR) is 108 cm³/mol. The number of benzene rings is 2. The lowest BCUT2D eigenvalue weighted by atomic mass is 10.1. The van der Waals surface area contributed by atoms with Crippen LogP contribution in [0.2, 0.25) is 0 Å². The number of aryl methyl sites for hydroxylation is 1. The number of alkyl halides is 3. The molecule has 6 nitrogen and oxygen atoms in total. The molecule has 0 N–H and O–H groups in total. The summed E-state index contributed by atoms with van der Waals surface area (Å²) in [5.74, 6) is -0.968. The third-order valence-corrected chi connectivity index (χ3v) is 6.01. The number of amides is 1. The summed E-state index contributed by atoms with van der Waals surface area (Å²) in [6.45, 7) is 0.0654. The molecule has 2 aromatic carbocycles. The molecule has 1 aromatic heterocycles. The van der Waals surface area contributed by atoms with E-state index in [-0.39, 0.29) is 24.3 Å². The Morgan fingerprint density at radius 1 is 1.03 bits per heavy atom. The SMILES string of the molecule is Cn1c2c(c3ccccc31)C(OS(=O)(=O)C(F)(F)F)=CCN(Cc1ccccc1)C2=O. The Hall–Kier alpha value is -3.27. The summed E-state index contributed by atoms with van der Waals surface area (Å²) in [4.78, 5) is 14.8. The Balaban J connectivity index is 1.88. The van der Waals surface area contributed by atoms with E-state index in [2.05, 4.69) is 4.18 Å². The van der Waals surface area contributed by atoms with Crippen LogP contribution in [0, 0.1) is 0 Å². The predicted octanol–water partition coefficient (Wildman–Crippen LogP) is 4.04. The Labute approximate surface area is 176 Å². The Kier molecular flexibility index (Phi) is 5.04. The molecule has 0 bridgehead atoms. The van der Waals surface area contributed by atoms with E-state index in [0.29, 0.717) is 10.9 Å². The first-order valence-corrected chi connectivity index (χ1v) is 10.6. The lowest BCUT2D eigenvalue weighted by Gasteiger charge is -2.20. The van der Waals surface area contributed by atoms with Crippen molar-refractivity contribution in [3.63, 3.8) is 0 Å². The summed E-state index contributed by atoms with van der Waals surface area (Å²) in [5.41, 5.74) is -4.15. The number of halogens is 3. The maximum absolute atomic E-state index is 13.4. The van der Waals surface area contributed by atoms with Crippen molar-refractivity contribution in [1.29, 1.82) is 0 Å². The third kappa shape index (κ3) is 3.67. The summed E-state index contributed by atoms with van der Waals surface area (Å²) in [5, 5.41) is 0.415. The monoisotopic (exact) mass is 450 g/mol. The zero-order chi connectivity index (χ0) is 22.4. The Morgan fingerprint density at radius 2 is 1.68 bits per heavy atom. The van der Waals surface area contributed by atoms with Crippen molar-refractivity contribution < 1.29 is 30.6 Å². The fourth-order valence-electron chi connectivity index (χ4n) is 3.60. The van der Waals surface area contributed by atoms with Gasteiger partial charge in [0.15, 0.2) is 5.76 Å². The molecule has 0 spiro atoms. The molecule has 0 atom stereocenters. The van der Waals surface area contributed by atoms with Gasteiger partial charge in [0.05, 0.1) is 5.56 Å². The van der Waals surface area contributed by atoms with Gasteiger partial charge in [-0.2, -0.15) is 21.6 Å². The van der Waals surface area contributed by atoms with Gasteiger partial charge < -0.3 is 13.7 Å². The van der Waals surface area contributed by atoms with Gasteiger partial charge in [-0.25, -0.2) is 0 Å². The molecule has 31 heavy (non-hydrogen) atoms. The van der Waals surface area contributed by atoms with Gasteiger partial charge >= 0.3 is 15.6 Å². The van der Waals surface area contributed by atoms with Crippen molar-refractivity contribution in [2.24, 2.45) is 7.05 Å². The highest BCUT2D eigenvalue weighted by Gasteiger charge is 2.49. The van der Waals surface area contributed by atoms with E-state index in [9.17, 15) is 26.4 Å². The maximum atomic E-state index is 13.4. The van der Waals surface area contributed by atoms with Crippen molar-refractivity contribution in [3.8, 4) is 0 Å². The molecular weight excluding hydrogens is 433 g/mol. The number of para-hydroxylation sites is 1. The van der Waals surface area contributed by atoms with Crippen molar-refractivity contribution >= 4 is 32.7 Å². The second kappa shape index (κ2) is 7.45. The fraction of sp³-hybridized carbons (Fsp3) is 0.190. The minimum atomic E-state index is -5.92. The maximum Gasteiger partial charge on any atom is 0.534 e. The van der Waals surface area contributed by atoms with Crippen molar-refractivity contribution in [3.05, 3.63) is 77.5 Å². The molecular formula is C21H17F3N2O4S. The standard InChI is InChI=1S/C21H17F3N2O4S/c1-25-16-10-6-5-9-15(16)18-17(30-31(28,29)21(22,23)24)11-12-26(20(27)19(18)25)13-14-7-3-2-4-8-14/h2-11H,12-13H2,1H3. The number of fused-ring (bicyclic) bond motifs is 3. The molecule has 0 fully saturated rings. The van der Waals surface area contributed by atoms with Crippen LogP contribution >= 0.6 is 0 Å². The lowest BCUT2D eigenvalue weighted by Crippen LogP contribution is -2.31. The van der Waals surface area contributed by atoms with Gasteiger partial charge in [-0.1, -0.05) is 48.5 Å². The first kappa shape index (κ1) is 21.0. The molecule has 4 rings (SSSR count). The van der Waals surface area contributed by atoms with Crippen LogP contribution in [0.3, 0.4) is 0 Å². The van der Waals surface area contributed by atoms with E-state index >= 15 is 0 Å². The van der Waals surface area contributed by atoms with Crippen LogP contribution < -0.4 is 0 Å². The van der Waals surface area contributed by atoms with Gasteiger partial charge in [0, 0.05) is 31.0 Å². The highest BCUT2D eigenvalue weighted by Crippen LogP contribution is 2.37. The molecule has 0 radical (unpaired) electrons. The van der Waals surface area contributed by atoms with Crippen LogP contribution in [0.1, 0.15) is 21.6 Å².